The average molecular weight is 510 g/mol. The van der Waals surface area contributed by atoms with Gasteiger partial charge in [-0.05, 0) is 17.7 Å². The van der Waals surface area contributed by atoms with E-state index in [9.17, 15) is 14.0 Å². The van der Waals surface area contributed by atoms with E-state index in [1.165, 1.54) is 6.07 Å². The van der Waals surface area contributed by atoms with Crippen molar-refractivity contribution in [2.45, 2.75) is 27.3 Å². The van der Waals surface area contributed by atoms with Crippen molar-refractivity contribution < 1.29 is 18.7 Å². The van der Waals surface area contributed by atoms with Crippen molar-refractivity contribution in [3.8, 4) is 5.75 Å². The highest BCUT2D eigenvalue weighted by Gasteiger charge is 2.22. The fourth-order valence-electron chi connectivity index (χ4n) is 3.19. The van der Waals surface area contributed by atoms with Gasteiger partial charge in [-0.3, -0.25) is 9.59 Å². The first kappa shape index (κ1) is 25.6. The van der Waals surface area contributed by atoms with Crippen LogP contribution in [0.4, 0.5) is 16.0 Å². The predicted molar refractivity (Wildman–Crippen MR) is 132 cm³/mol. The molecule has 2 aromatic carbocycles. The molecule has 11 heteroatoms. The summed E-state index contributed by atoms with van der Waals surface area (Å²) in [4.78, 5) is 28.6. The highest BCUT2D eigenvalue weighted by molar-refractivity contribution is 6.39. The van der Waals surface area contributed by atoms with Crippen LogP contribution in [0.1, 0.15) is 36.7 Å². The summed E-state index contributed by atoms with van der Waals surface area (Å²) in [6, 6.07) is 6.47. The number of imidazole rings is 1. The first-order valence-corrected chi connectivity index (χ1v) is 11.2. The highest BCUT2D eigenvalue weighted by Crippen LogP contribution is 2.36. The molecule has 182 valence electrons. The Balaban J connectivity index is 1.96. The van der Waals surface area contributed by atoms with E-state index in [1.54, 1.807) is 29.8 Å². The molecule has 0 bridgehead atoms. The zero-order valence-electron chi connectivity index (χ0n) is 19.3. The number of nitrogens with zero attached hydrogens (tertiary/aromatic N) is 2. The molecule has 0 atom stereocenters. The number of alkyl halides is 1. The van der Waals surface area contributed by atoms with Crippen LogP contribution in [0.5, 0.6) is 5.75 Å². The van der Waals surface area contributed by atoms with Crippen LogP contribution in [0.3, 0.4) is 0 Å². The van der Waals surface area contributed by atoms with Crippen molar-refractivity contribution in [3.05, 3.63) is 45.4 Å². The zero-order chi connectivity index (χ0) is 25.2. The van der Waals surface area contributed by atoms with Crippen molar-refractivity contribution in [3.63, 3.8) is 0 Å². The number of rotatable bonds is 8. The van der Waals surface area contributed by atoms with Crippen LogP contribution in [-0.4, -0.2) is 34.6 Å². The third-order valence-corrected chi connectivity index (χ3v) is 5.86. The quantitative estimate of drug-likeness (QED) is 0.406. The first-order chi connectivity index (χ1) is 15.9. The number of benzene rings is 2. The third kappa shape index (κ3) is 5.37. The maximum Gasteiger partial charge on any atom is 0.252 e. The molecule has 0 saturated carbocycles. The van der Waals surface area contributed by atoms with Crippen LogP contribution in [0.15, 0.2) is 24.3 Å². The molecule has 0 radical (unpaired) electrons. The number of carbonyl (C=O) groups excluding carboxylic acids is 2. The summed E-state index contributed by atoms with van der Waals surface area (Å²) in [6.45, 7) is 4.77. The van der Waals surface area contributed by atoms with Crippen molar-refractivity contribution >= 4 is 57.7 Å². The van der Waals surface area contributed by atoms with Gasteiger partial charge in [0.05, 0.1) is 32.3 Å². The lowest BCUT2D eigenvalue weighted by molar-refractivity contribution is -0.128. The molecule has 1 aromatic heterocycles. The van der Waals surface area contributed by atoms with Gasteiger partial charge in [-0.1, -0.05) is 50.0 Å². The van der Waals surface area contributed by atoms with Gasteiger partial charge in [-0.15, -0.1) is 0 Å². The van der Waals surface area contributed by atoms with Gasteiger partial charge in [-0.2, -0.15) is 0 Å². The van der Waals surface area contributed by atoms with Crippen LogP contribution in [0.2, 0.25) is 10.0 Å². The number of primary amides is 1. The number of amides is 2. The molecule has 3 aromatic rings. The van der Waals surface area contributed by atoms with Crippen LogP contribution < -0.4 is 21.1 Å². The Morgan fingerprint density at radius 1 is 1.24 bits per heavy atom. The molecule has 0 spiro atoms. The molecule has 0 aliphatic heterocycles. The lowest BCUT2D eigenvalue weighted by Crippen LogP contribution is -2.34. The number of ether oxygens (including phenoxy) is 1. The van der Waals surface area contributed by atoms with Crippen molar-refractivity contribution in [2.75, 3.05) is 18.6 Å². The average Bonchev–Trinajstić information content (AvgIpc) is 3.07. The van der Waals surface area contributed by atoms with E-state index in [-0.39, 0.29) is 30.4 Å². The number of carbonyl (C=O) groups is 2. The Labute approximate surface area is 206 Å². The second-order valence-corrected chi connectivity index (χ2v) is 9.47. The van der Waals surface area contributed by atoms with Crippen LogP contribution in [0, 0.1) is 5.41 Å². The van der Waals surface area contributed by atoms with Gasteiger partial charge >= 0.3 is 0 Å². The van der Waals surface area contributed by atoms with Gasteiger partial charge in [0.1, 0.15) is 19.0 Å². The molecular formula is C23H26Cl2FN5O3. The molecule has 0 aliphatic carbocycles. The maximum atomic E-state index is 12.6. The normalized spacial score (nSPS) is 11.5. The van der Waals surface area contributed by atoms with Crippen molar-refractivity contribution in [2.24, 2.45) is 18.2 Å². The molecular weight excluding hydrogens is 484 g/mol. The van der Waals surface area contributed by atoms with E-state index >= 15 is 0 Å². The van der Waals surface area contributed by atoms with Crippen molar-refractivity contribution in [1.82, 2.24) is 14.9 Å². The molecule has 8 nitrogen and oxygen atoms in total. The van der Waals surface area contributed by atoms with E-state index in [1.807, 2.05) is 20.8 Å². The summed E-state index contributed by atoms with van der Waals surface area (Å²) < 4.78 is 19.7. The number of aryl methyl sites for hydroxylation is 1. The standard InChI is InChI=1S/C23H26Cl2FN5O3/c1-23(2,3)21(33)28-11-12-5-6-14(24)19(18(12)25)30-22-29-15-9-13(20(27)32)17(34-8-7-26)10-16(15)31(22)4/h5-6,9-10H,7-8,11H2,1-4H3,(H2,27,32)(H,28,33)(H,29,30). The Kier molecular flexibility index (Phi) is 7.57. The largest absolute Gasteiger partial charge is 0.490 e. The van der Waals surface area contributed by atoms with Crippen LogP contribution in [-0.2, 0) is 18.4 Å². The van der Waals surface area contributed by atoms with E-state index < -0.39 is 18.0 Å². The molecule has 0 saturated heterocycles. The SMILES string of the molecule is Cn1c(Nc2c(Cl)ccc(CNC(=O)C(C)(C)C)c2Cl)nc2cc(C(N)=O)c(OCCF)cc21. The van der Waals surface area contributed by atoms with E-state index in [4.69, 9.17) is 33.7 Å². The minimum atomic E-state index is -0.716. The van der Waals surface area contributed by atoms with E-state index in [2.05, 4.69) is 15.6 Å². The van der Waals surface area contributed by atoms with Crippen molar-refractivity contribution in [1.29, 1.82) is 0 Å². The number of nitrogens with two attached hydrogens (primary N) is 1. The summed E-state index contributed by atoms with van der Waals surface area (Å²) in [6.07, 6.45) is 0. The number of halogens is 3. The molecule has 1 heterocycles. The van der Waals surface area contributed by atoms with Gasteiger partial charge < -0.3 is 25.7 Å². The van der Waals surface area contributed by atoms with Crippen LogP contribution in [0.25, 0.3) is 11.0 Å². The summed E-state index contributed by atoms with van der Waals surface area (Å²) in [5.74, 6) is -0.279. The lowest BCUT2D eigenvalue weighted by atomic mass is 9.95. The molecule has 4 N–H and O–H groups in total. The minimum absolute atomic E-state index is 0.0956. The second-order valence-electron chi connectivity index (χ2n) is 8.69. The molecule has 2 amide bonds. The molecule has 34 heavy (non-hydrogen) atoms. The zero-order valence-corrected chi connectivity index (χ0v) is 20.8. The Morgan fingerprint density at radius 3 is 2.56 bits per heavy atom. The second kappa shape index (κ2) is 10.1. The van der Waals surface area contributed by atoms with Crippen LogP contribution >= 0.6 is 23.2 Å². The maximum absolute atomic E-state index is 12.6. The number of aromatic nitrogens is 2. The van der Waals surface area contributed by atoms with E-state index in [0.29, 0.717) is 38.3 Å². The molecule has 0 unspecified atom stereocenters. The Bertz CT molecular complexity index is 1250. The summed E-state index contributed by atoms with van der Waals surface area (Å²) >= 11 is 13.0. The Hall–Kier alpha value is -3.04. The van der Waals surface area contributed by atoms with Gasteiger partial charge in [-0.25, -0.2) is 9.37 Å². The number of fused-ring (bicyclic) bond motifs is 1. The fraction of sp³-hybridized carbons (Fsp3) is 0.348. The summed E-state index contributed by atoms with van der Waals surface area (Å²) in [7, 11) is 1.75. The summed E-state index contributed by atoms with van der Waals surface area (Å²) in [5, 5.41) is 6.68. The molecule has 0 fully saturated rings. The van der Waals surface area contributed by atoms with E-state index in [0.717, 1.165) is 0 Å². The van der Waals surface area contributed by atoms with Gasteiger partial charge in [0.2, 0.25) is 11.9 Å². The smallest absolute Gasteiger partial charge is 0.252 e. The minimum Gasteiger partial charge on any atom is -0.490 e. The lowest BCUT2D eigenvalue weighted by Gasteiger charge is -2.19. The van der Waals surface area contributed by atoms with Gasteiger partial charge in [0.15, 0.2) is 0 Å². The topological polar surface area (TPSA) is 111 Å². The Morgan fingerprint density at radius 2 is 1.94 bits per heavy atom. The molecule has 0 aliphatic rings. The monoisotopic (exact) mass is 509 g/mol. The number of hydrogen-bond donors (Lipinski definition) is 3. The summed E-state index contributed by atoms with van der Waals surface area (Å²) in [5.41, 5.74) is 7.17. The number of nitrogens with one attached hydrogen (secondary N) is 2. The third-order valence-electron chi connectivity index (χ3n) is 5.11. The molecule has 3 rings (SSSR count). The highest BCUT2D eigenvalue weighted by atomic mass is 35.5. The predicted octanol–water partition coefficient (Wildman–Crippen LogP) is 4.73. The number of anilines is 2. The fourth-order valence-corrected chi connectivity index (χ4v) is 3.72. The van der Waals surface area contributed by atoms with Gasteiger partial charge in [0.25, 0.3) is 5.91 Å². The first-order valence-electron chi connectivity index (χ1n) is 10.4. The van der Waals surface area contributed by atoms with Gasteiger partial charge in [0, 0.05) is 25.1 Å². The number of hydrogen-bond acceptors (Lipinski definition) is 5.